The average Bonchev–Trinajstić information content (AvgIpc) is 2.83. The summed E-state index contributed by atoms with van der Waals surface area (Å²) in [5.41, 5.74) is 1.20. The second-order valence-electron chi connectivity index (χ2n) is 5.37. The normalized spacial score (nSPS) is 28.5. The molecule has 2 fully saturated rings. The van der Waals surface area contributed by atoms with Gasteiger partial charge >= 0.3 is 0 Å². The summed E-state index contributed by atoms with van der Waals surface area (Å²) in [7, 11) is 2.11. The highest BCUT2D eigenvalue weighted by Gasteiger charge is 2.30. The van der Waals surface area contributed by atoms with Gasteiger partial charge < -0.3 is 14.8 Å². The molecule has 0 amide bonds. The average molecular weight is 234 g/mol. The highest BCUT2D eigenvalue weighted by Crippen LogP contribution is 2.24. The zero-order valence-corrected chi connectivity index (χ0v) is 10.8. The maximum atomic E-state index is 4.74. The van der Waals surface area contributed by atoms with Crippen molar-refractivity contribution in [2.45, 2.75) is 44.7 Å². The Balaban J connectivity index is 1.80. The molecule has 2 atom stereocenters. The van der Waals surface area contributed by atoms with Crippen molar-refractivity contribution < 1.29 is 0 Å². The Hall–Kier alpha value is -1.03. The maximum absolute atomic E-state index is 4.74. The van der Waals surface area contributed by atoms with Gasteiger partial charge in [0.2, 0.25) is 5.95 Å². The molecule has 3 heterocycles. The van der Waals surface area contributed by atoms with Crippen LogP contribution in [0.4, 0.5) is 5.95 Å². The summed E-state index contributed by atoms with van der Waals surface area (Å²) in [5.74, 6) is 1.15. The Kier molecular flexibility index (Phi) is 2.82. The minimum atomic E-state index is 0.671. The van der Waals surface area contributed by atoms with Gasteiger partial charge in [0.05, 0.1) is 5.69 Å². The standard InChI is InChI=1S/C13H22N4/c1-3-10-8-16(2)13(15-10)17-7-6-11-4-5-12(9-17)14-11/h8,11-12,14H,3-7,9H2,1-2H3. The van der Waals surface area contributed by atoms with Crippen LogP contribution in [0.5, 0.6) is 0 Å². The number of imidazole rings is 1. The Bertz CT molecular complexity index is 398. The SMILES string of the molecule is CCc1cn(C)c(N2CCC3CCC(C2)N3)n1. The Morgan fingerprint density at radius 3 is 2.94 bits per heavy atom. The van der Waals surface area contributed by atoms with E-state index in [0.717, 1.165) is 31.5 Å². The fourth-order valence-corrected chi connectivity index (χ4v) is 3.11. The lowest BCUT2D eigenvalue weighted by Gasteiger charge is -2.25. The first-order valence-corrected chi connectivity index (χ1v) is 6.79. The highest BCUT2D eigenvalue weighted by molar-refractivity contribution is 5.34. The zero-order chi connectivity index (χ0) is 11.8. The second kappa shape index (κ2) is 4.33. The van der Waals surface area contributed by atoms with Crippen LogP contribution in [0.2, 0.25) is 0 Å². The van der Waals surface area contributed by atoms with Gasteiger partial charge in [0.15, 0.2) is 0 Å². The van der Waals surface area contributed by atoms with E-state index in [4.69, 9.17) is 4.98 Å². The van der Waals surface area contributed by atoms with Gasteiger partial charge in [0.25, 0.3) is 0 Å². The van der Waals surface area contributed by atoms with Gasteiger partial charge in [-0.25, -0.2) is 4.98 Å². The third-order valence-corrected chi connectivity index (χ3v) is 4.07. The second-order valence-corrected chi connectivity index (χ2v) is 5.37. The van der Waals surface area contributed by atoms with E-state index in [2.05, 4.69) is 35.0 Å². The van der Waals surface area contributed by atoms with E-state index >= 15 is 0 Å². The van der Waals surface area contributed by atoms with Crippen LogP contribution in [-0.4, -0.2) is 34.7 Å². The van der Waals surface area contributed by atoms with Crippen molar-refractivity contribution >= 4 is 5.95 Å². The lowest BCUT2D eigenvalue weighted by atomic mass is 10.1. The van der Waals surface area contributed by atoms with Gasteiger partial charge in [-0.05, 0) is 25.7 Å². The van der Waals surface area contributed by atoms with E-state index in [1.165, 1.54) is 25.0 Å². The predicted octanol–water partition coefficient (Wildman–Crippen LogP) is 1.31. The molecule has 1 aromatic rings. The van der Waals surface area contributed by atoms with Crippen molar-refractivity contribution in [3.63, 3.8) is 0 Å². The lowest BCUT2D eigenvalue weighted by molar-refractivity contribution is 0.563. The molecule has 3 rings (SSSR count). The van der Waals surface area contributed by atoms with Crippen LogP contribution < -0.4 is 10.2 Å². The minimum Gasteiger partial charge on any atom is -0.341 e. The van der Waals surface area contributed by atoms with Gasteiger partial charge in [-0.2, -0.15) is 0 Å². The Morgan fingerprint density at radius 2 is 2.18 bits per heavy atom. The summed E-state index contributed by atoms with van der Waals surface area (Å²) in [6.45, 7) is 4.42. The largest absolute Gasteiger partial charge is 0.341 e. The number of anilines is 1. The summed E-state index contributed by atoms with van der Waals surface area (Å²) in [5, 5.41) is 3.71. The van der Waals surface area contributed by atoms with Crippen LogP contribution in [-0.2, 0) is 13.5 Å². The smallest absolute Gasteiger partial charge is 0.205 e. The number of hydrogen-bond donors (Lipinski definition) is 1. The van der Waals surface area contributed by atoms with Gasteiger partial charge in [-0.3, -0.25) is 0 Å². The van der Waals surface area contributed by atoms with E-state index in [1.54, 1.807) is 0 Å². The molecule has 94 valence electrons. The summed E-state index contributed by atoms with van der Waals surface area (Å²) in [6, 6.07) is 1.42. The summed E-state index contributed by atoms with van der Waals surface area (Å²) >= 11 is 0. The van der Waals surface area contributed by atoms with Crippen LogP contribution >= 0.6 is 0 Å². The number of fused-ring (bicyclic) bond motifs is 2. The van der Waals surface area contributed by atoms with E-state index < -0.39 is 0 Å². The molecule has 2 unspecified atom stereocenters. The molecule has 0 aromatic carbocycles. The number of rotatable bonds is 2. The minimum absolute atomic E-state index is 0.671. The first-order valence-electron chi connectivity index (χ1n) is 6.79. The van der Waals surface area contributed by atoms with Crippen molar-refractivity contribution in [2.75, 3.05) is 18.0 Å². The molecule has 2 aliphatic heterocycles. The van der Waals surface area contributed by atoms with Gasteiger partial charge in [0.1, 0.15) is 0 Å². The molecule has 0 aliphatic carbocycles. The lowest BCUT2D eigenvalue weighted by Crippen LogP contribution is -2.36. The molecule has 2 bridgehead atoms. The van der Waals surface area contributed by atoms with Gasteiger partial charge in [0, 0.05) is 38.4 Å². The third-order valence-electron chi connectivity index (χ3n) is 4.07. The summed E-state index contributed by atoms with van der Waals surface area (Å²) in [4.78, 5) is 7.19. The van der Waals surface area contributed by atoms with E-state index in [9.17, 15) is 0 Å². The van der Waals surface area contributed by atoms with E-state index in [1.807, 2.05) is 0 Å². The predicted molar refractivity (Wildman–Crippen MR) is 69.4 cm³/mol. The third kappa shape index (κ3) is 2.06. The number of aryl methyl sites for hydroxylation is 2. The summed E-state index contributed by atoms with van der Waals surface area (Å²) < 4.78 is 2.18. The summed E-state index contributed by atoms with van der Waals surface area (Å²) in [6.07, 6.45) is 7.12. The molecule has 0 radical (unpaired) electrons. The number of hydrogen-bond acceptors (Lipinski definition) is 3. The molecule has 4 heteroatoms. The monoisotopic (exact) mass is 234 g/mol. The maximum Gasteiger partial charge on any atom is 0.205 e. The molecule has 1 aromatic heterocycles. The fourth-order valence-electron chi connectivity index (χ4n) is 3.11. The van der Waals surface area contributed by atoms with Gasteiger partial charge in [-0.15, -0.1) is 0 Å². The Morgan fingerprint density at radius 1 is 1.35 bits per heavy atom. The van der Waals surface area contributed by atoms with Gasteiger partial charge in [-0.1, -0.05) is 6.92 Å². The zero-order valence-electron chi connectivity index (χ0n) is 10.8. The molecule has 1 N–H and O–H groups in total. The van der Waals surface area contributed by atoms with Crippen LogP contribution in [0.25, 0.3) is 0 Å². The van der Waals surface area contributed by atoms with Crippen molar-refractivity contribution in [3.8, 4) is 0 Å². The first-order chi connectivity index (χ1) is 8.26. The first kappa shape index (κ1) is 11.1. The van der Waals surface area contributed by atoms with Crippen molar-refractivity contribution in [1.29, 1.82) is 0 Å². The van der Waals surface area contributed by atoms with E-state index in [0.29, 0.717) is 6.04 Å². The van der Waals surface area contributed by atoms with Crippen molar-refractivity contribution in [3.05, 3.63) is 11.9 Å². The fraction of sp³-hybridized carbons (Fsp3) is 0.769. The van der Waals surface area contributed by atoms with Crippen LogP contribution in [0, 0.1) is 0 Å². The van der Waals surface area contributed by atoms with E-state index in [-0.39, 0.29) is 0 Å². The molecule has 0 spiro atoms. The number of aromatic nitrogens is 2. The molecule has 0 saturated carbocycles. The number of nitrogens with zero attached hydrogens (tertiary/aromatic N) is 3. The topological polar surface area (TPSA) is 33.1 Å². The van der Waals surface area contributed by atoms with Crippen molar-refractivity contribution in [2.24, 2.45) is 7.05 Å². The Labute approximate surface area is 103 Å². The molecule has 17 heavy (non-hydrogen) atoms. The van der Waals surface area contributed by atoms with Crippen LogP contribution in [0.1, 0.15) is 31.9 Å². The molecule has 2 saturated heterocycles. The molecular weight excluding hydrogens is 212 g/mol. The quantitative estimate of drug-likeness (QED) is 0.837. The van der Waals surface area contributed by atoms with Crippen LogP contribution in [0.15, 0.2) is 6.20 Å². The molecule has 2 aliphatic rings. The van der Waals surface area contributed by atoms with Crippen molar-refractivity contribution in [1.82, 2.24) is 14.9 Å². The highest BCUT2D eigenvalue weighted by atomic mass is 15.3. The van der Waals surface area contributed by atoms with Crippen LogP contribution in [0.3, 0.4) is 0 Å². The molecule has 4 nitrogen and oxygen atoms in total. The number of nitrogens with one attached hydrogen (secondary N) is 1. The molecular formula is C13H22N4.